The first kappa shape index (κ1) is 12.0. The molecule has 7 heteroatoms. The molecule has 1 aromatic rings. The fourth-order valence-electron chi connectivity index (χ4n) is 1.38. The van der Waals surface area contributed by atoms with Crippen LogP contribution in [0.5, 0.6) is 0 Å². The zero-order chi connectivity index (χ0) is 12.5. The maximum Gasteiger partial charge on any atom is 0.314 e. The van der Waals surface area contributed by atoms with E-state index in [9.17, 15) is 13.2 Å². The van der Waals surface area contributed by atoms with Crippen LogP contribution in [-0.4, -0.2) is 26.0 Å². The summed E-state index contributed by atoms with van der Waals surface area (Å²) in [5, 5.41) is 0.928. The van der Waals surface area contributed by atoms with Gasteiger partial charge < -0.3 is 0 Å². The quantitative estimate of drug-likeness (QED) is 0.844. The van der Waals surface area contributed by atoms with Crippen molar-refractivity contribution in [3.05, 3.63) is 29.8 Å². The normalized spacial score (nSPS) is 17.1. The molecule has 0 aromatic heterocycles. The fourth-order valence-corrected chi connectivity index (χ4v) is 2.28. The van der Waals surface area contributed by atoms with Gasteiger partial charge in [0.15, 0.2) is 0 Å². The van der Waals surface area contributed by atoms with Crippen molar-refractivity contribution in [2.24, 2.45) is 0 Å². The summed E-state index contributed by atoms with van der Waals surface area (Å²) in [5.41, 5.74) is 3.24. The Morgan fingerprint density at radius 3 is 2.47 bits per heavy atom. The van der Waals surface area contributed by atoms with E-state index < -0.39 is 10.1 Å². The summed E-state index contributed by atoms with van der Waals surface area (Å²) in [6.07, 6.45) is 0.226. The van der Waals surface area contributed by atoms with Crippen LogP contribution in [0.1, 0.15) is 12.0 Å². The molecule has 2 rings (SSSR count). The van der Waals surface area contributed by atoms with Gasteiger partial charge in [-0.05, 0) is 19.1 Å². The molecule has 0 spiro atoms. The number of hydrogen-bond donors (Lipinski definition) is 1. The van der Waals surface area contributed by atoms with Crippen molar-refractivity contribution in [1.82, 2.24) is 10.6 Å². The predicted octanol–water partition coefficient (Wildman–Crippen LogP) is 0.352. The van der Waals surface area contributed by atoms with Gasteiger partial charge in [-0.25, -0.2) is 0 Å². The van der Waals surface area contributed by atoms with Gasteiger partial charge in [0.25, 0.3) is 0 Å². The number of benzene rings is 1. The smallest absolute Gasteiger partial charge is 0.274 e. The van der Waals surface area contributed by atoms with Gasteiger partial charge in [-0.1, -0.05) is 22.9 Å². The number of nitrogens with zero attached hydrogens (tertiary/aromatic N) is 1. The molecule has 17 heavy (non-hydrogen) atoms. The number of carbonyl (C=O) groups is 1. The lowest BCUT2D eigenvalue weighted by Gasteiger charge is -2.13. The first-order chi connectivity index (χ1) is 7.97. The van der Waals surface area contributed by atoms with Gasteiger partial charge in [-0.15, -0.1) is 0 Å². The van der Waals surface area contributed by atoms with E-state index in [2.05, 4.69) is 5.43 Å². The number of rotatable bonds is 3. The lowest BCUT2D eigenvalue weighted by Crippen LogP contribution is -2.35. The number of carbonyl (C=O) groups excluding carboxylic acids is 1. The van der Waals surface area contributed by atoms with Crippen molar-refractivity contribution in [2.45, 2.75) is 18.2 Å². The molecule has 1 aliphatic rings. The molecule has 1 aromatic carbocycles. The van der Waals surface area contributed by atoms with Gasteiger partial charge in [0.05, 0.1) is 11.4 Å². The van der Waals surface area contributed by atoms with E-state index >= 15 is 0 Å². The van der Waals surface area contributed by atoms with Crippen molar-refractivity contribution in [3.8, 4) is 0 Å². The molecule has 1 heterocycles. The molecule has 1 fully saturated rings. The van der Waals surface area contributed by atoms with Crippen LogP contribution in [0.2, 0.25) is 0 Å². The average Bonchev–Trinajstić information content (AvgIpc) is 2.63. The molecule has 0 unspecified atom stereocenters. The number of amides is 1. The van der Waals surface area contributed by atoms with E-state index in [-0.39, 0.29) is 23.8 Å². The van der Waals surface area contributed by atoms with Crippen LogP contribution in [0.3, 0.4) is 0 Å². The summed E-state index contributed by atoms with van der Waals surface area (Å²) in [7, 11) is -3.87. The largest absolute Gasteiger partial charge is 0.314 e. The lowest BCUT2D eigenvalue weighted by molar-refractivity contribution is -0.130. The van der Waals surface area contributed by atoms with Crippen LogP contribution < -0.4 is 5.43 Å². The molecule has 1 N–H and O–H groups in total. The SMILES string of the molecule is Cc1ccc(S(=O)(=O)ON2CCC(=O)N2)cc1. The highest BCUT2D eigenvalue weighted by atomic mass is 32.2. The Morgan fingerprint density at radius 1 is 1.29 bits per heavy atom. The van der Waals surface area contributed by atoms with Crippen LogP contribution in [0, 0.1) is 6.92 Å². The highest BCUT2D eigenvalue weighted by Crippen LogP contribution is 2.15. The minimum Gasteiger partial charge on any atom is -0.274 e. The third-order valence-corrected chi connectivity index (χ3v) is 3.51. The van der Waals surface area contributed by atoms with Gasteiger partial charge in [-0.2, -0.15) is 12.7 Å². The number of hydrazine groups is 1. The third kappa shape index (κ3) is 2.82. The van der Waals surface area contributed by atoms with E-state index in [0.29, 0.717) is 0 Å². The van der Waals surface area contributed by atoms with Crippen molar-refractivity contribution in [1.29, 1.82) is 0 Å². The summed E-state index contributed by atoms with van der Waals surface area (Å²) in [6.45, 7) is 2.07. The first-order valence-corrected chi connectivity index (χ1v) is 6.46. The predicted molar refractivity (Wildman–Crippen MR) is 58.9 cm³/mol. The highest BCUT2D eigenvalue weighted by Gasteiger charge is 2.26. The molecule has 0 radical (unpaired) electrons. The van der Waals surface area contributed by atoms with Crippen molar-refractivity contribution in [2.75, 3.05) is 6.54 Å². The Labute approximate surface area is 99.2 Å². The number of hydroxylamine groups is 1. The second-order valence-corrected chi connectivity index (χ2v) is 5.26. The minimum atomic E-state index is -3.87. The number of hydrogen-bond acceptors (Lipinski definition) is 5. The second-order valence-electron chi connectivity index (χ2n) is 3.73. The van der Waals surface area contributed by atoms with Gasteiger partial charge in [0.1, 0.15) is 0 Å². The summed E-state index contributed by atoms with van der Waals surface area (Å²) in [5.74, 6) is -0.260. The summed E-state index contributed by atoms with van der Waals surface area (Å²) >= 11 is 0. The third-order valence-electron chi connectivity index (χ3n) is 2.29. The van der Waals surface area contributed by atoms with E-state index in [1.54, 1.807) is 12.1 Å². The van der Waals surface area contributed by atoms with Crippen LogP contribution in [0.25, 0.3) is 0 Å². The number of aryl methyl sites for hydroxylation is 1. The maximum absolute atomic E-state index is 11.8. The molecule has 1 aliphatic heterocycles. The molecule has 92 valence electrons. The van der Waals surface area contributed by atoms with E-state index in [1.165, 1.54) is 12.1 Å². The van der Waals surface area contributed by atoms with Crippen LogP contribution in [0.4, 0.5) is 0 Å². The Bertz CT molecular complexity index is 524. The molecule has 0 saturated carbocycles. The maximum atomic E-state index is 11.8. The molecular formula is C10H12N2O4S. The van der Waals surface area contributed by atoms with Crippen molar-refractivity contribution in [3.63, 3.8) is 0 Å². The standard InChI is InChI=1S/C10H12N2O4S/c1-8-2-4-9(5-3-8)17(14,15)16-12-7-6-10(13)11-12/h2-5H,6-7H2,1H3,(H,11,13). The molecular weight excluding hydrogens is 244 g/mol. The monoisotopic (exact) mass is 256 g/mol. The van der Waals surface area contributed by atoms with Gasteiger partial charge in [0, 0.05) is 6.42 Å². The van der Waals surface area contributed by atoms with Crippen molar-refractivity contribution < 1.29 is 17.5 Å². The Kier molecular flexibility index (Phi) is 3.14. The second kappa shape index (κ2) is 4.44. The zero-order valence-corrected chi connectivity index (χ0v) is 10.0. The molecule has 0 bridgehead atoms. The molecule has 6 nitrogen and oxygen atoms in total. The summed E-state index contributed by atoms with van der Waals surface area (Å²) in [6, 6.07) is 6.28. The Morgan fingerprint density at radius 2 is 1.94 bits per heavy atom. The van der Waals surface area contributed by atoms with E-state index in [1.807, 2.05) is 6.92 Å². The van der Waals surface area contributed by atoms with Gasteiger partial charge >= 0.3 is 10.1 Å². The highest BCUT2D eigenvalue weighted by molar-refractivity contribution is 7.86. The Balaban J connectivity index is 2.14. The summed E-state index contributed by atoms with van der Waals surface area (Å²) < 4.78 is 28.4. The lowest BCUT2D eigenvalue weighted by atomic mass is 10.2. The molecule has 0 atom stereocenters. The molecule has 0 aliphatic carbocycles. The van der Waals surface area contributed by atoms with Crippen LogP contribution in [0.15, 0.2) is 29.2 Å². The van der Waals surface area contributed by atoms with E-state index in [4.69, 9.17) is 4.28 Å². The molecule has 1 saturated heterocycles. The van der Waals surface area contributed by atoms with E-state index in [0.717, 1.165) is 10.7 Å². The minimum absolute atomic E-state index is 0.0595. The summed E-state index contributed by atoms with van der Waals surface area (Å²) in [4.78, 5) is 11.0. The van der Waals surface area contributed by atoms with Crippen molar-refractivity contribution >= 4 is 16.0 Å². The average molecular weight is 256 g/mol. The van der Waals surface area contributed by atoms with Crippen LogP contribution >= 0.6 is 0 Å². The zero-order valence-electron chi connectivity index (χ0n) is 9.21. The van der Waals surface area contributed by atoms with Gasteiger partial charge in [0.2, 0.25) is 5.91 Å². The topological polar surface area (TPSA) is 75.7 Å². The van der Waals surface area contributed by atoms with Gasteiger partial charge in [-0.3, -0.25) is 10.2 Å². The number of nitrogens with one attached hydrogen (secondary N) is 1. The van der Waals surface area contributed by atoms with Crippen LogP contribution in [-0.2, 0) is 19.2 Å². The first-order valence-electron chi connectivity index (χ1n) is 5.06. The Hall–Kier alpha value is -1.44. The fraction of sp³-hybridized carbons (Fsp3) is 0.300. The molecule has 1 amide bonds.